The Balaban J connectivity index is 2.24. The number of unbranched alkanes of at least 4 members (excludes halogenated alkanes) is 3. The van der Waals surface area contributed by atoms with E-state index in [0.29, 0.717) is 13.0 Å². The molecule has 3 aromatic carbocycles. The van der Waals surface area contributed by atoms with Gasteiger partial charge in [0.25, 0.3) is 0 Å². The first-order valence-electron chi connectivity index (χ1n) is 13.5. The van der Waals surface area contributed by atoms with Gasteiger partial charge in [-0.2, -0.15) is 0 Å². The third-order valence-electron chi connectivity index (χ3n) is 6.82. The normalized spacial score (nSPS) is 12.3. The first kappa shape index (κ1) is 28.0. The van der Waals surface area contributed by atoms with Crippen molar-refractivity contribution in [2.45, 2.75) is 58.4 Å². The molecule has 196 valence electrons. The van der Waals surface area contributed by atoms with E-state index in [1.165, 1.54) is 6.42 Å². The Morgan fingerprint density at radius 2 is 1.41 bits per heavy atom. The highest BCUT2D eigenvalue weighted by Gasteiger charge is 2.43. The molecular formula is C33H41NO3. The van der Waals surface area contributed by atoms with Gasteiger partial charge < -0.3 is 14.4 Å². The second kappa shape index (κ2) is 14.3. The van der Waals surface area contributed by atoms with Gasteiger partial charge in [0.2, 0.25) is 0 Å². The standard InChI is InChI=1S/C33H41NO3/c1-5-8-9-16-25-34(29-21-23-30(36-4)24-22-29)33(6-2,32(35)37-7-3)26-31(27-17-12-10-13-18-27)28-19-14-11-15-20-28/h10-15,17-24,26H,5-9,16,25H2,1-4H3. The Hall–Kier alpha value is -3.53. The zero-order valence-electron chi connectivity index (χ0n) is 22.8. The maximum atomic E-state index is 14.0. The van der Waals surface area contributed by atoms with Crippen molar-refractivity contribution in [1.82, 2.24) is 0 Å². The van der Waals surface area contributed by atoms with Crippen LogP contribution < -0.4 is 9.64 Å². The van der Waals surface area contributed by atoms with E-state index in [2.05, 4.69) is 49.1 Å². The third kappa shape index (κ3) is 7.03. The molecule has 0 heterocycles. The van der Waals surface area contributed by atoms with Crippen LogP contribution in [-0.2, 0) is 9.53 Å². The van der Waals surface area contributed by atoms with Gasteiger partial charge in [0.05, 0.1) is 13.7 Å². The molecular weight excluding hydrogens is 458 g/mol. The van der Waals surface area contributed by atoms with Crippen LogP contribution in [0.2, 0.25) is 0 Å². The van der Waals surface area contributed by atoms with Gasteiger partial charge in [-0.25, -0.2) is 4.79 Å². The molecule has 3 aromatic rings. The van der Waals surface area contributed by atoms with Crippen LogP contribution in [0.4, 0.5) is 5.69 Å². The number of benzene rings is 3. The predicted octanol–water partition coefficient (Wildman–Crippen LogP) is 7.93. The Kier molecular flexibility index (Phi) is 10.8. The summed E-state index contributed by atoms with van der Waals surface area (Å²) in [5, 5.41) is 0. The fraction of sp³-hybridized carbons (Fsp3) is 0.364. The lowest BCUT2D eigenvalue weighted by molar-refractivity contribution is -0.148. The quantitative estimate of drug-likeness (QED) is 0.167. The van der Waals surface area contributed by atoms with Crippen molar-refractivity contribution in [2.75, 3.05) is 25.2 Å². The van der Waals surface area contributed by atoms with E-state index in [1.54, 1.807) is 7.11 Å². The number of esters is 1. The topological polar surface area (TPSA) is 38.8 Å². The summed E-state index contributed by atoms with van der Waals surface area (Å²) in [6, 6.07) is 28.6. The Morgan fingerprint density at radius 1 is 0.811 bits per heavy atom. The van der Waals surface area contributed by atoms with E-state index in [9.17, 15) is 4.79 Å². The van der Waals surface area contributed by atoms with Crippen molar-refractivity contribution < 1.29 is 14.3 Å². The summed E-state index contributed by atoms with van der Waals surface area (Å²) in [4.78, 5) is 16.2. The average molecular weight is 500 g/mol. The van der Waals surface area contributed by atoms with E-state index in [-0.39, 0.29) is 5.97 Å². The van der Waals surface area contributed by atoms with Crippen LogP contribution in [0.5, 0.6) is 5.75 Å². The van der Waals surface area contributed by atoms with Gasteiger partial charge in [-0.1, -0.05) is 93.8 Å². The van der Waals surface area contributed by atoms with Crippen LogP contribution in [0.25, 0.3) is 5.57 Å². The molecule has 0 saturated heterocycles. The second-order valence-electron chi connectivity index (χ2n) is 9.20. The van der Waals surface area contributed by atoms with Crippen molar-refractivity contribution >= 4 is 17.2 Å². The zero-order valence-corrected chi connectivity index (χ0v) is 22.8. The van der Waals surface area contributed by atoms with Crippen molar-refractivity contribution in [3.63, 3.8) is 0 Å². The molecule has 0 amide bonds. The molecule has 0 saturated carbocycles. The minimum Gasteiger partial charge on any atom is -0.497 e. The van der Waals surface area contributed by atoms with Crippen LogP contribution in [0.15, 0.2) is 91.0 Å². The number of hydrogen-bond donors (Lipinski definition) is 0. The SMILES string of the molecule is CCCCCCN(c1ccc(OC)cc1)C(C=C(c1ccccc1)c1ccccc1)(CC)C(=O)OCC. The molecule has 4 nitrogen and oxygen atoms in total. The molecule has 37 heavy (non-hydrogen) atoms. The highest BCUT2D eigenvalue weighted by atomic mass is 16.5. The van der Waals surface area contributed by atoms with Gasteiger partial charge in [-0.15, -0.1) is 0 Å². The molecule has 0 aliphatic heterocycles. The molecule has 0 radical (unpaired) electrons. The lowest BCUT2D eigenvalue weighted by atomic mass is 9.85. The Bertz CT molecular complexity index is 1070. The van der Waals surface area contributed by atoms with Gasteiger partial charge in [-0.3, -0.25) is 0 Å². The minimum atomic E-state index is -0.988. The molecule has 0 bridgehead atoms. The maximum Gasteiger partial charge on any atom is 0.336 e. The Morgan fingerprint density at radius 3 is 1.89 bits per heavy atom. The number of anilines is 1. The molecule has 0 aliphatic rings. The zero-order chi connectivity index (χ0) is 26.5. The first-order valence-corrected chi connectivity index (χ1v) is 13.5. The molecule has 0 N–H and O–H groups in total. The number of methoxy groups -OCH3 is 1. The summed E-state index contributed by atoms with van der Waals surface area (Å²) in [6.45, 7) is 7.23. The highest BCUT2D eigenvalue weighted by molar-refractivity contribution is 5.93. The van der Waals surface area contributed by atoms with E-state index in [0.717, 1.165) is 53.9 Å². The van der Waals surface area contributed by atoms with Crippen LogP contribution in [0, 0.1) is 0 Å². The maximum absolute atomic E-state index is 14.0. The third-order valence-corrected chi connectivity index (χ3v) is 6.82. The summed E-state index contributed by atoms with van der Waals surface area (Å²) < 4.78 is 11.2. The van der Waals surface area contributed by atoms with Crippen LogP contribution in [0.1, 0.15) is 64.0 Å². The summed E-state index contributed by atoms with van der Waals surface area (Å²) in [5.41, 5.74) is 3.14. The number of nitrogens with zero attached hydrogens (tertiary/aromatic N) is 1. The van der Waals surface area contributed by atoms with Crippen LogP contribution in [-0.4, -0.2) is 31.8 Å². The number of carbonyl (C=O) groups is 1. The number of hydrogen-bond acceptors (Lipinski definition) is 4. The van der Waals surface area contributed by atoms with E-state index >= 15 is 0 Å². The minimum absolute atomic E-state index is 0.229. The van der Waals surface area contributed by atoms with Crippen molar-refractivity contribution in [1.29, 1.82) is 0 Å². The summed E-state index contributed by atoms with van der Waals surface area (Å²) in [6.07, 6.45) is 7.13. The lowest BCUT2D eigenvalue weighted by Gasteiger charge is -2.42. The molecule has 0 aliphatic carbocycles. The Labute approximate surface area is 222 Å². The molecule has 1 atom stereocenters. The fourth-order valence-electron chi connectivity index (χ4n) is 4.77. The van der Waals surface area contributed by atoms with E-state index in [1.807, 2.05) is 67.6 Å². The van der Waals surface area contributed by atoms with Crippen molar-refractivity contribution in [2.24, 2.45) is 0 Å². The molecule has 4 heteroatoms. The van der Waals surface area contributed by atoms with E-state index < -0.39 is 5.54 Å². The summed E-state index contributed by atoms with van der Waals surface area (Å²) in [5.74, 6) is 0.561. The number of rotatable bonds is 14. The predicted molar refractivity (Wildman–Crippen MR) is 154 cm³/mol. The van der Waals surface area contributed by atoms with Gasteiger partial charge in [0.1, 0.15) is 5.75 Å². The van der Waals surface area contributed by atoms with Gasteiger partial charge >= 0.3 is 5.97 Å². The summed E-state index contributed by atoms with van der Waals surface area (Å²) in [7, 11) is 1.67. The largest absolute Gasteiger partial charge is 0.497 e. The lowest BCUT2D eigenvalue weighted by Crippen LogP contribution is -2.55. The van der Waals surface area contributed by atoms with E-state index in [4.69, 9.17) is 9.47 Å². The van der Waals surface area contributed by atoms with Crippen molar-refractivity contribution in [3.8, 4) is 5.75 Å². The van der Waals surface area contributed by atoms with Crippen LogP contribution >= 0.6 is 0 Å². The van der Waals surface area contributed by atoms with Gasteiger partial charge in [0, 0.05) is 12.2 Å². The van der Waals surface area contributed by atoms with Gasteiger partial charge in [-0.05, 0) is 66.8 Å². The first-order chi connectivity index (χ1) is 18.1. The van der Waals surface area contributed by atoms with Crippen LogP contribution in [0.3, 0.4) is 0 Å². The molecule has 0 spiro atoms. The van der Waals surface area contributed by atoms with Gasteiger partial charge in [0.15, 0.2) is 5.54 Å². The summed E-state index contributed by atoms with van der Waals surface area (Å²) >= 11 is 0. The van der Waals surface area contributed by atoms with Crippen molar-refractivity contribution in [3.05, 3.63) is 102 Å². The number of carbonyl (C=O) groups excluding carboxylic acids is 1. The molecule has 1 unspecified atom stereocenters. The molecule has 0 fully saturated rings. The monoisotopic (exact) mass is 499 g/mol. The second-order valence-corrected chi connectivity index (χ2v) is 9.20. The molecule has 0 aromatic heterocycles. The highest BCUT2D eigenvalue weighted by Crippen LogP contribution is 2.36. The fourth-order valence-corrected chi connectivity index (χ4v) is 4.77. The number of ether oxygens (including phenoxy) is 2. The average Bonchev–Trinajstić information content (AvgIpc) is 2.95. The molecule has 3 rings (SSSR count). The smallest absolute Gasteiger partial charge is 0.336 e.